The van der Waals surface area contributed by atoms with Gasteiger partial charge in [0, 0.05) is 26.2 Å². The number of amides is 1. The van der Waals surface area contributed by atoms with Gasteiger partial charge in [-0.25, -0.2) is 4.79 Å². The van der Waals surface area contributed by atoms with Gasteiger partial charge in [-0.3, -0.25) is 9.69 Å². The van der Waals surface area contributed by atoms with Crippen LogP contribution in [0.1, 0.15) is 0 Å². The summed E-state index contributed by atoms with van der Waals surface area (Å²) in [7, 11) is -1.20. The Morgan fingerprint density at radius 3 is 2.93 bits per heavy atom. The lowest BCUT2D eigenvalue weighted by Gasteiger charge is -2.48. The van der Waals surface area contributed by atoms with Crippen molar-refractivity contribution >= 4 is 55.0 Å². The summed E-state index contributed by atoms with van der Waals surface area (Å²) in [5.41, 5.74) is 7.06. The summed E-state index contributed by atoms with van der Waals surface area (Å²) >= 11 is 4.41. The van der Waals surface area contributed by atoms with Gasteiger partial charge in [0.2, 0.25) is 5.91 Å². The largest absolute Gasteiger partial charge is 0.434 e. The number of carbonyl (C=O) groups is 2. The number of hydrogen-bond acceptors (Lipinski definition) is 10. The maximum Gasteiger partial charge on any atom is 0.357 e. The number of thioether (sulfide) groups is 2. The summed E-state index contributed by atoms with van der Waals surface area (Å²) in [5.74, 6) is 0.411. The van der Waals surface area contributed by atoms with Crippen LogP contribution in [0.15, 0.2) is 21.7 Å². The van der Waals surface area contributed by atoms with E-state index in [1.165, 1.54) is 28.2 Å². The van der Waals surface area contributed by atoms with Crippen LogP contribution >= 0.6 is 35.1 Å². The van der Waals surface area contributed by atoms with E-state index in [9.17, 15) is 9.59 Å². The molecule has 3 heterocycles. The summed E-state index contributed by atoms with van der Waals surface area (Å²) < 4.78 is 15.6. The third kappa shape index (κ3) is 5.16. The van der Waals surface area contributed by atoms with Crippen molar-refractivity contribution in [2.24, 2.45) is 5.73 Å². The molecular formula is C16H24N4O4S3Si. The van der Waals surface area contributed by atoms with Crippen molar-refractivity contribution in [2.75, 3.05) is 24.9 Å². The molecule has 1 aromatic rings. The van der Waals surface area contributed by atoms with Gasteiger partial charge >= 0.3 is 5.97 Å². The van der Waals surface area contributed by atoms with Gasteiger partial charge in [0.05, 0.1) is 6.20 Å². The van der Waals surface area contributed by atoms with Gasteiger partial charge in [0.15, 0.2) is 6.79 Å². The lowest BCUT2D eigenvalue weighted by atomic mass is 10.0. The van der Waals surface area contributed by atoms with Crippen molar-refractivity contribution in [2.45, 2.75) is 41.3 Å². The number of nitrogens with zero attached hydrogens (tertiary/aromatic N) is 3. The number of esters is 1. The molecule has 0 aromatic carbocycles. The van der Waals surface area contributed by atoms with Crippen molar-refractivity contribution < 1.29 is 19.1 Å². The van der Waals surface area contributed by atoms with Gasteiger partial charge < -0.3 is 15.2 Å². The van der Waals surface area contributed by atoms with Gasteiger partial charge in [-0.2, -0.15) is 0 Å². The molecule has 0 saturated carbocycles. The minimum absolute atomic E-state index is 0.113. The first-order valence-corrected chi connectivity index (χ1v) is 15.4. The first-order chi connectivity index (χ1) is 13.3. The first-order valence-electron chi connectivity index (χ1n) is 8.85. The number of fused-ring (bicyclic) bond motifs is 1. The predicted octanol–water partition coefficient (Wildman–Crippen LogP) is 1.98. The minimum Gasteiger partial charge on any atom is -0.434 e. The summed E-state index contributed by atoms with van der Waals surface area (Å²) in [6.45, 7) is 7.23. The fourth-order valence-corrected chi connectivity index (χ4v) is 6.27. The molecule has 0 aliphatic carbocycles. The van der Waals surface area contributed by atoms with Gasteiger partial charge in [-0.05, 0) is 23.1 Å². The highest BCUT2D eigenvalue weighted by Crippen LogP contribution is 2.41. The Morgan fingerprint density at radius 1 is 1.46 bits per heavy atom. The molecule has 2 N–H and O–H groups in total. The van der Waals surface area contributed by atoms with Crippen LogP contribution in [-0.4, -0.2) is 70.8 Å². The zero-order valence-electron chi connectivity index (χ0n) is 16.0. The van der Waals surface area contributed by atoms with E-state index in [0.29, 0.717) is 23.8 Å². The van der Waals surface area contributed by atoms with E-state index >= 15 is 0 Å². The highest BCUT2D eigenvalue weighted by molar-refractivity contribution is 8.01. The molecule has 3 rings (SSSR count). The van der Waals surface area contributed by atoms with Gasteiger partial charge in [0.1, 0.15) is 21.3 Å². The average molecular weight is 461 g/mol. The first kappa shape index (κ1) is 21.8. The Morgan fingerprint density at radius 2 is 2.25 bits per heavy atom. The maximum atomic E-state index is 12.7. The number of aromatic nitrogens is 2. The molecule has 1 unspecified atom stereocenters. The maximum absolute atomic E-state index is 12.7. The van der Waals surface area contributed by atoms with E-state index in [1.54, 1.807) is 18.0 Å². The second-order valence-electron chi connectivity index (χ2n) is 7.68. The summed E-state index contributed by atoms with van der Waals surface area (Å²) in [6.07, 6.45) is 1.68. The Bertz CT molecular complexity index is 754. The van der Waals surface area contributed by atoms with Crippen molar-refractivity contribution in [3.8, 4) is 0 Å². The second kappa shape index (κ2) is 9.26. The Kier molecular flexibility index (Phi) is 7.20. The molecule has 12 heteroatoms. The third-order valence-corrected chi connectivity index (χ3v) is 9.27. The predicted molar refractivity (Wildman–Crippen MR) is 114 cm³/mol. The number of rotatable bonds is 9. The van der Waals surface area contributed by atoms with E-state index in [-0.39, 0.29) is 18.1 Å². The monoisotopic (exact) mass is 460 g/mol. The van der Waals surface area contributed by atoms with E-state index < -0.39 is 20.1 Å². The molecule has 0 radical (unpaired) electrons. The topological polar surface area (TPSA) is 108 Å². The molecule has 28 heavy (non-hydrogen) atoms. The minimum atomic E-state index is -1.20. The highest BCUT2D eigenvalue weighted by atomic mass is 32.2. The standard InChI is InChI=1S/C16H24N4O4S3Si/c1-28(2,3)5-4-23-9-24-16(22)13-10(7-25-11-6-18-19-27-11)8-26-15-12(17)14(21)20(13)15/h6,12,15H,4-5,7-9,17H2,1-3H3/t12?,15-/m0/s1. The van der Waals surface area contributed by atoms with Gasteiger partial charge in [0.25, 0.3) is 0 Å². The number of ether oxygens (including phenoxy) is 2. The third-order valence-electron chi connectivity index (χ3n) is 4.28. The molecule has 1 aromatic heterocycles. The molecule has 154 valence electrons. The van der Waals surface area contributed by atoms with Crippen LogP contribution in [0.4, 0.5) is 0 Å². The van der Waals surface area contributed by atoms with E-state index in [2.05, 4.69) is 29.2 Å². The molecular weight excluding hydrogens is 436 g/mol. The van der Waals surface area contributed by atoms with Crippen molar-refractivity contribution in [3.05, 3.63) is 17.5 Å². The van der Waals surface area contributed by atoms with Gasteiger partial charge in [-0.1, -0.05) is 24.1 Å². The SMILES string of the molecule is C[Si](C)(C)CCOCOC(=O)C1=C(CSc2cnns2)CS[C@H]2C(N)C(=O)N12. The van der Waals surface area contributed by atoms with E-state index in [0.717, 1.165) is 15.8 Å². The molecule has 2 aliphatic rings. The number of carbonyl (C=O) groups excluding carboxylic acids is 2. The Labute approximate surface area is 177 Å². The van der Waals surface area contributed by atoms with Crippen LogP contribution in [0.2, 0.25) is 25.7 Å². The van der Waals surface area contributed by atoms with Crippen molar-refractivity contribution in [1.29, 1.82) is 0 Å². The summed E-state index contributed by atoms with van der Waals surface area (Å²) in [5, 5.41) is 3.61. The molecule has 0 spiro atoms. The lowest BCUT2D eigenvalue weighted by Crippen LogP contribution is -2.68. The number of hydrogen-bond donors (Lipinski definition) is 1. The molecule has 1 amide bonds. The molecule has 2 aliphatic heterocycles. The van der Waals surface area contributed by atoms with Crippen LogP contribution < -0.4 is 5.73 Å². The summed E-state index contributed by atoms with van der Waals surface area (Å²) in [4.78, 5) is 26.5. The fourth-order valence-electron chi connectivity index (χ4n) is 2.66. The molecule has 1 saturated heterocycles. The molecule has 1 fully saturated rings. The van der Waals surface area contributed by atoms with Crippen molar-refractivity contribution in [1.82, 2.24) is 14.5 Å². The Balaban J connectivity index is 1.64. The van der Waals surface area contributed by atoms with E-state index in [1.807, 2.05) is 0 Å². The fraction of sp³-hybridized carbons (Fsp3) is 0.625. The van der Waals surface area contributed by atoms with Crippen LogP contribution in [0.5, 0.6) is 0 Å². The normalized spacial score (nSPS) is 22.1. The lowest BCUT2D eigenvalue weighted by molar-refractivity contribution is -0.158. The zero-order chi connectivity index (χ0) is 20.3. The average Bonchev–Trinajstić information content (AvgIpc) is 3.17. The smallest absolute Gasteiger partial charge is 0.357 e. The Hall–Kier alpha value is -0.923. The van der Waals surface area contributed by atoms with E-state index in [4.69, 9.17) is 15.2 Å². The summed E-state index contributed by atoms with van der Waals surface area (Å²) in [6, 6.07) is 0.427. The number of nitrogens with two attached hydrogens (primary N) is 1. The zero-order valence-corrected chi connectivity index (χ0v) is 19.5. The second-order valence-corrected chi connectivity index (χ2v) is 16.5. The molecule has 0 bridgehead atoms. The van der Waals surface area contributed by atoms with Crippen LogP contribution in [0.25, 0.3) is 0 Å². The highest BCUT2D eigenvalue weighted by Gasteiger charge is 2.52. The van der Waals surface area contributed by atoms with Crippen LogP contribution in [0, 0.1) is 0 Å². The van der Waals surface area contributed by atoms with Gasteiger partial charge in [-0.15, -0.1) is 28.6 Å². The molecule has 8 nitrogen and oxygen atoms in total. The van der Waals surface area contributed by atoms with Crippen LogP contribution in [0.3, 0.4) is 0 Å². The number of β-lactam (4-membered cyclic amide) rings is 1. The quantitative estimate of drug-likeness (QED) is 0.148. The van der Waals surface area contributed by atoms with Crippen molar-refractivity contribution in [3.63, 3.8) is 0 Å². The van der Waals surface area contributed by atoms with Crippen LogP contribution in [-0.2, 0) is 19.1 Å². The molecule has 2 atom stereocenters.